The van der Waals surface area contributed by atoms with E-state index in [1.807, 2.05) is 19.9 Å². The summed E-state index contributed by atoms with van der Waals surface area (Å²) >= 11 is 1.80. The second-order valence-electron chi connectivity index (χ2n) is 4.55. The molecule has 0 amide bonds. The van der Waals surface area contributed by atoms with Crippen molar-refractivity contribution < 1.29 is 5.11 Å². The van der Waals surface area contributed by atoms with Crippen LogP contribution in [0.5, 0.6) is 0 Å². The summed E-state index contributed by atoms with van der Waals surface area (Å²) in [5.41, 5.74) is 1.59. The molecular weight excluding hydrogens is 204 g/mol. The Labute approximate surface area is 94.4 Å². The monoisotopic (exact) mass is 220 g/mol. The van der Waals surface area contributed by atoms with Gasteiger partial charge in [-0.1, -0.05) is 12.1 Å². The number of benzene rings is 1. The first-order chi connectivity index (χ1) is 6.89. The average molecular weight is 220 g/mol. The van der Waals surface area contributed by atoms with E-state index in [4.69, 9.17) is 0 Å². The maximum Gasteiger partial charge on any atom is 0.0841 e. The Morgan fingerprint density at radius 2 is 1.87 bits per heavy atom. The molecule has 0 aliphatic heterocycles. The molecule has 2 aromatic rings. The van der Waals surface area contributed by atoms with Gasteiger partial charge in [0.05, 0.1) is 5.60 Å². The number of thiophene rings is 1. The lowest BCUT2D eigenvalue weighted by Gasteiger charge is -2.17. The Balaban J connectivity index is 2.67. The van der Waals surface area contributed by atoms with E-state index in [1.165, 1.54) is 20.5 Å². The van der Waals surface area contributed by atoms with Crippen LogP contribution in [0.4, 0.5) is 0 Å². The quantitative estimate of drug-likeness (QED) is 0.776. The molecule has 0 bridgehead atoms. The van der Waals surface area contributed by atoms with Gasteiger partial charge in [0.1, 0.15) is 0 Å². The molecule has 15 heavy (non-hydrogen) atoms. The number of rotatable bonds is 1. The maximum absolute atomic E-state index is 9.93. The molecule has 0 fully saturated rings. The minimum atomic E-state index is -0.750. The third kappa shape index (κ3) is 1.80. The van der Waals surface area contributed by atoms with E-state index in [2.05, 4.69) is 26.0 Å². The fourth-order valence-electron chi connectivity index (χ4n) is 1.73. The predicted molar refractivity (Wildman–Crippen MR) is 66.5 cm³/mol. The van der Waals surface area contributed by atoms with Crippen molar-refractivity contribution in [2.24, 2.45) is 0 Å². The lowest BCUT2D eigenvalue weighted by atomic mass is 9.97. The summed E-state index contributed by atoms with van der Waals surface area (Å²) in [7, 11) is 0. The molecule has 0 radical (unpaired) electrons. The summed E-state index contributed by atoms with van der Waals surface area (Å²) < 4.78 is 1.27. The van der Waals surface area contributed by atoms with Gasteiger partial charge in [0.2, 0.25) is 0 Å². The topological polar surface area (TPSA) is 20.2 Å². The Kier molecular flexibility index (Phi) is 2.36. The van der Waals surface area contributed by atoms with Crippen LogP contribution >= 0.6 is 11.3 Å². The van der Waals surface area contributed by atoms with Gasteiger partial charge in [-0.25, -0.2) is 0 Å². The third-order valence-corrected chi connectivity index (χ3v) is 4.05. The predicted octanol–water partition coefficient (Wildman–Crippen LogP) is 3.75. The number of aliphatic hydroxyl groups is 1. The zero-order chi connectivity index (χ0) is 11.2. The van der Waals surface area contributed by atoms with Crippen molar-refractivity contribution in [3.63, 3.8) is 0 Å². The van der Waals surface area contributed by atoms with Crippen LogP contribution < -0.4 is 0 Å². The molecular formula is C13H16OS. The fraction of sp³-hybridized carbons (Fsp3) is 0.385. The van der Waals surface area contributed by atoms with Crippen LogP contribution in [0.1, 0.15) is 29.9 Å². The van der Waals surface area contributed by atoms with Crippen LogP contribution in [0.3, 0.4) is 0 Å². The van der Waals surface area contributed by atoms with Crippen molar-refractivity contribution in [3.05, 3.63) is 34.2 Å². The van der Waals surface area contributed by atoms with E-state index in [9.17, 15) is 5.11 Å². The second-order valence-corrected chi connectivity index (χ2v) is 5.81. The molecule has 0 saturated heterocycles. The molecule has 0 spiro atoms. The van der Waals surface area contributed by atoms with Crippen LogP contribution in [0, 0.1) is 13.8 Å². The van der Waals surface area contributed by atoms with Crippen molar-refractivity contribution in [2.75, 3.05) is 0 Å². The molecule has 0 atom stereocenters. The normalized spacial score (nSPS) is 12.3. The summed E-state index contributed by atoms with van der Waals surface area (Å²) in [5.74, 6) is 0. The molecule has 0 aliphatic carbocycles. The van der Waals surface area contributed by atoms with Crippen molar-refractivity contribution >= 4 is 21.4 Å². The number of hydrogen-bond acceptors (Lipinski definition) is 2. The molecule has 2 rings (SSSR count). The van der Waals surface area contributed by atoms with Gasteiger partial charge in [-0.3, -0.25) is 0 Å². The summed E-state index contributed by atoms with van der Waals surface area (Å²) in [5, 5.41) is 11.2. The first-order valence-corrected chi connectivity index (χ1v) is 5.94. The molecule has 0 saturated carbocycles. The van der Waals surface area contributed by atoms with Crippen LogP contribution in [0.15, 0.2) is 18.2 Å². The molecule has 0 aliphatic rings. The van der Waals surface area contributed by atoms with Gasteiger partial charge in [-0.2, -0.15) is 0 Å². The highest BCUT2D eigenvalue weighted by Crippen LogP contribution is 2.33. The number of aryl methyl sites for hydroxylation is 2. The van der Waals surface area contributed by atoms with Gasteiger partial charge in [0, 0.05) is 9.58 Å². The summed E-state index contributed by atoms with van der Waals surface area (Å²) in [6.07, 6.45) is 0. The minimum Gasteiger partial charge on any atom is -0.386 e. The Morgan fingerprint density at radius 3 is 2.47 bits per heavy atom. The van der Waals surface area contributed by atoms with Crippen LogP contribution in [0.25, 0.3) is 10.1 Å². The standard InChI is InChI=1S/C13H16OS/c1-8-9(2)15-12-7-10(13(3,4)14)5-6-11(8)12/h5-7,14H,1-4H3. The SMILES string of the molecule is Cc1sc2cc(C(C)(C)O)ccc2c1C. The summed E-state index contributed by atoms with van der Waals surface area (Å²) in [6, 6.07) is 6.23. The molecule has 1 aromatic heterocycles. The Morgan fingerprint density at radius 1 is 1.20 bits per heavy atom. The zero-order valence-corrected chi connectivity index (χ0v) is 10.4. The lowest BCUT2D eigenvalue weighted by molar-refractivity contribution is 0.0787. The molecule has 1 N–H and O–H groups in total. The van der Waals surface area contributed by atoms with Gasteiger partial charge in [0.15, 0.2) is 0 Å². The molecule has 80 valence electrons. The highest BCUT2D eigenvalue weighted by molar-refractivity contribution is 7.19. The fourth-order valence-corrected chi connectivity index (χ4v) is 2.84. The first-order valence-electron chi connectivity index (χ1n) is 5.12. The van der Waals surface area contributed by atoms with E-state index in [-0.39, 0.29) is 0 Å². The number of fused-ring (bicyclic) bond motifs is 1. The molecule has 0 unspecified atom stereocenters. The molecule has 1 nitrogen and oxygen atoms in total. The van der Waals surface area contributed by atoms with E-state index in [1.54, 1.807) is 11.3 Å². The van der Waals surface area contributed by atoms with Gasteiger partial charge in [0.25, 0.3) is 0 Å². The zero-order valence-electron chi connectivity index (χ0n) is 9.59. The third-order valence-electron chi connectivity index (χ3n) is 2.88. The van der Waals surface area contributed by atoms with Gasteiger partial charge in [-0.05, 0) is 50.3 Å². The van der Waals surface area contributed by atoms with E-state index < -0.39 is 5.60 Å². The molecule has 2 heteroatoms. The molecule has 1 heterocycles. The summed E-state index contributed by atoms with van der Waals surface area (Å²) in [6.45, 7) is 7.94. The smallest absolute Gasteiger partial charge is 0.0841 e. The highest BCUT2D eigenvalue weighted by atomic mass is 32.1. The largest absolute Gasteiger partial charge is 0.386 e. The average Bonchev–Trinajstić information content (AvgIpc) is 2.41. The minimum absolute atomic E-state index is 0.750. The lowest BCUT2D eigenvalue weighted by Crippen LogP contribution is -2.14. The van der Waals surface area contributed by atoms with Crippen LogP contribution in [0.2, 0.25) is 0 Å². The van der Waals surface area contributed by atoms with Crippen molar-refractivity contribution in [2.45, 2.75) is 33.3 Å². The van der Waals surface area contributed by atoms with E-state index in [0.717, 1.165) is 5.56 Å². The Hall–Kier alpha value is -0.860. The van der Waals surface area contributed by atoms with Crippen molar-refractivity contribution in [3.8, 4) is 0 Å². The van der Waals surface area contributed by atoms with Gasteiger partial charge >= 0.3 is 0 Å². The van der Waals surface area contributed by atoms with Crippen LogP contribution in [-0.4, -0.2) is 5.11 Å². The Bertz CT molecular complexity index is 503. The van der Waals surface area contributed by atoms with Gasteiger partial charge < -0.3 is 5.11 Å². The summed E-state index contributed by atoms with van der Waals surface area (Å²) in [4.78, 5) is 1.36. The maximum atomic E-state index is 9.93. The second kappa shape index (κ2) is 3.32. The van der Waals surface area contributed by atoms with Crippen molar-refractivity contribution in [1.29, 1.82) is 0 Å². The molecule has 1 aromatic carbocycles. The van der Waals surface area contributed by atoms with E-state index in [0.29, 0.717) is 0 Å². The van der Waals surface area contributed by atoms with E-state index >= 15 is 0 Å². The van der Waals surface area contributed by atoms with Crippen LogP contribution in [-0.2, 0) is 5.60 Å². The highest BCUT2D eigenvalue weighted by Gasteiger charge is 2.17. The van der Waals surface area contributed by atoms with Crippen molar-refractivity contribution in [1.82, 2.24) is 0 Å². The van der Waals surface area contributed by atoms with Gasteiger partial charge in [-0.15, -0.1) is 11.3 Å². The first kappa shape index (κ1) is 10.7. The number of hydrogen-bond donors (Lipinski definition) is 1.